The van der Waals surface area contributed by atoms with Crippen molar-refractivity contribution in [2.45, 2.75) is 32.2 Å². The summed E-state index contributed by atoms with van der Waals surface area (Å²) in [4.78, 5) is 24.2. The average molecular weight is 365 g/mol. The summed E-state index contributed by atoms with van der Waals surface area (Å²) in [7, 11) is 0. The summed E-state index contributed by atoms with van der Waals surface area (Å²) < 4.78 is 11.1. The molecule has 1 aliphatic rings. The molecule has 3 N–H and O–H groups in total. The second-order valence-corrected chi connectivity index (χ2v) is 6.83. The van der Waals surface area contributed by atoms with Crippen LogP contribution in [0.2, 0.25) is 5.02 Å². The highest BCUT2D eigenvalue weighted by atomic mass is 35.5. The quantitative estimate of drug-likeness (QED) is 0.852. The molecule has 2 heterocycles. The number of hydrogen-bond acceptors (Lipinski definition) is 4. The molecule has 0 aliphatic carbocycles. The summed E-state index contributed by atoms with van der Waals surface area (Å²) in [5.74, 6) is -0.393. The molecule has 0 saturated carbocycles. The number of amides is 2. The normalized spacial score (nSPS) is 16.7. The molecular formula is C18H21ClN2O4. The number of ether oxygens (including phenoxy) is 1. The van der Waals surface area contributed by atoms with Crippen molar-refractivity contribution in [2.75, 3.05) is 13.2 Å². The molecular weight excluding hydrogens is 344 g/mol. The van der Waals surface area contributed by atoms with Crippen molar-refractivity contribution in [3.63, 3.8) is 0 Å². The second-order valence-electron chi connectivity index (χ2n) is 6.40. The molecule has 3 rings (SSSR count). The van der Waals surface area contributed by atoms with Gasteiger partial charge < -0.3 is 20.2 Å². The van der Waals surface area contributed by atoms with E-state index in [2.05, 4.69) is 5.32 Å². The van der Waals surface area contributed by atoms with Gasteiger partial charge in [0.1, 0.15) is 5.58 Å². The van der Waals surface area contributed by atoms with Gasteiger partial charge in [0.05, 0.1) is 0 Å². The van der Waals surface area contributed by atoms with Crippen molar-refractivity contribution in [1.29, 1.82) is 0 Å². The summed E-state index contributed by atoms with van der Waals surface area (Å²) in [6, 6.07) is 4.89. The minimum atomic E-state index is -0.440. The van der Waals surface area contributed by atoms with E-state index in [1.807, 2.05) is 6.92 Å². The van der Waals surface area contributed by atoms with E-state index in [1.54, 1.807) is 18.2 Å². The van der Waals surface area contributed by atoms with Crippen molar-refractivity contribution < 1.29 is 18.7 Å². The van der Waals surface area contributed by atoms with Gasteiger partial charge in [-0.15, -0.1) is 0 Å². The van der Waals surface area contributed by atoms with Crippen LogP contribution >= 0.6 is 11.6 Å². The van der Waals surface area contributed by atoms with Gasteiger partial charge in [-0.05, 0) is 43.9 Å². The van der Waals surface area contributed by atoms with E-state index in [0.717, 1.165) is 23.8 Å². The van der Waals surface area contributed by atoms with Crippen LogP contribution in [-0.2, 0) is 9.53 Å². The largest absolute Gasteiger partial charge is 0.451 e. The number of nitrogens with one attached hydrogen (secondary N) is 1. The Bertz CT molecular complexity index is 796. The van der Waals surface area contributed by atoms with Gasteiger partial charge in [0.2, 0.25) is 5.91 Å². The lowest BCUT2D eigenvalue weighted by molar-refractivity contribution is -0.118. The molecule has 0 radical (unpaired) electrons. The molecule has 1 fully saturated rings. The average Bonchev–Trinajstić information content (AvgIpc) is 2.91. The summed E-state index contributed by atoms with van der Waals surface area (Å²) in [6.07, 6.45) is 1.67. The topological polar surface area (TPSA) is 94.6 Å². The van der Waals surface area contributed by atoms with Gasteiger partial charge in [-0.2, -0.15) is 0 Å². The van der Waals surface area contributed by atoms with Crippen LogP contribution in [0.1, 0.15) is 35.4 Å². The van der Waals surface area contributed by atoms with E-state index in [-0.39, 0.29) is 30.0 Å². The van der Waals surface area contributed by atoms with Crippen LogP contribution in [0.5, 0.6) is 0 Å². The number of halogens is 1. The molecule has 1 aromatic heterocycles. The predicted molar refractivity (Wildman–Crippen MR) is 94.6 cm³/mol. The molecule has 6 nitrogen and oxygen atoms in total. The highest BCUT2D eigenvalue weighted by Gasteiger charge is 2.29. The van der Waals surface area contributed by atoms with Gasteiger partial charge >= 0.3 is 0 Å². The molecule has 1 unspecified atom stereocenters. The number of hydrogen-bond donors (Lipinski definition) is 2. The zero-order chi connectivity index (χ0) is 18.0. The molecule has 0 bridgehead atoms. The third-order valence-corrected chi connectivity index (χ3v) is 4.91. The van der Waals surface area contributed by atoms with Crippen molar-refractivity contribution in [1.82, 2.24) is 5.32 Å². The van der Waals surface area contributed by atoms with E-state index >= 15 is 0 Å². The van der Waals surface area contributed by atoms with Crippen LogP contribution in [0.3, 0.4) is 0 Å². The molecule has 2 amide bonds. The lowest BCUT2D eigenvalue weighted by atomic mass is 9.89. The Kier molecular flexibility index (Phi) is 5.30. The van der Waals surface area contributed by atoms with Crippen LogP contribution in [0.4, 0.5) is 0 Å². The van der Waals surface area contributed by atoms with Gasteiger partial charge in [0.15, 0.2) is 5.76 Å². The highest BCUT2D eigenvalue weighted by molar-refractivity contribution is 6.31. The van der Waals surface area contributed by atoms with Crippen molar-refractivity contribution >= 4 is 34.4 Å². The molecule has 1 atom stereocenters. The number of primary amides is 1. The smallest absolute Gasteiger partial charge is 0.287 e. The van der Waals surface area contributed by atoms with E-state index in [1.165, 1.54) is 0 Å². The molecule has 25 heavy (non-hydrogen) atoms. The Balaban J connectivity index is 1.83. The molecule has 2 aromatic rings. The Morgan fingerprint density at radius 2 is 2.08 bits per heavy atom. The molecule has 0 spiro atoms. The first-order chi connectivity index (χ1) is 12.0. The Hall–Kier alpha value is -2.05. The summed E-state index contributed by atoms with van der Waals surface area (Å²) in [5.41, 5.74) is 6.69. The fourth-order valence-corrected chi connectivity index (χ4v) is 3.49. The summed E-state index contributed by atoms with van der Waals surface area (Å²) in [6.45, 7) is 3.06. The maximum atomic E-state index is 12.7. The SMILES string of the molecule is Cc1c(C(=O)NC(CC(N)=O)C2CCOCC2)oc2ccc(Cl)cc12. The number of rotatable bonds is 5. The highest BCUT2D eigenvalue weighted by Crippen LogP contribution is 2.28. The van der Waals surface area contributed by atoms with Crippen LogP contribution in [-0.4, -0.2) is 31.1 Å². The van der Waals surface area contributed by atoms with Crippen LogP contribution in [0.25, 0.3) is 11.0 Å². The van der Waals surface area contributed by atoms with Crippen LogP contribution in [0, 0.1) is 12.8 Å². The first-order valence-corrected chi connectivity index (χ1v) is 8.69. The lowest BCUT2D eigenvalue weighted by Gasteiger charge is -2.30. The monoisotopic (exact) mass is 364 g/mol. The van der Waals surface area contributed by atoms with Crippen molar-refractivity contribution in [3.05, 3.63) is 34.5 Å². The molecule has 134 valence electrons. The van der Waals surface area contributed by atoms with Gasteiger partial charge in [-0.25, -0.2) is 0 Å². The number of fused-ring (bicyclic) bond motifs is 1. The fraction of sp³-hybridized carbons (Fsp3) is 0.444. The number of benzene rings is 1. The predicted octanol–water partition coefficient (Wildman–Crippen LogP) is 2.80. The number of nitrogens with two attached hydrogens (primary N) is 1. The molecule has 1 saturated heterocycles. The fourth-order valence-electron chi connectivity index (χ4n) is 3.31. The molecule has 1 aromatic carbocycles. The third-order valence-electron chi connectivity index (χ3n) is 4.68. The second kappa shape index (κ2) is 7.45. The first kappa shape index (κ1) is 17.8. The maximum absolute atomic E-state index is 12.7. The van der Waals surface area contributed by atoms with Crippen LogP contribution < -0.4 is 11.1 Å². The Labute approximate surface area is 150 Å². The standard InChI is InChI=1S/C18H21ClN2O4/c1-10-13-8-12(19)2-3-15(13)25-17(10)18(23)21-14(9-16(20)22)11-4-6-24-7-5-11/h2-3,8,11,14H,4-7,9H2,1H3,(H2,20,22)(H,21,23). The van der Waals surface area contributed by atoms with Crippen molar-refractivity contribution in [2.24, 2.45) is 11.7 Å². The summed E-state index contributed by atoms with van der Waals surface area (Å²) >= 11 is 6.02. The van der Waals surface area contributed by atoms with Crippen molar-refractivity contribution in [3.8, 4) is 0 Å². The van der Waals surface area contributed by atoms with Gasteiger partial charge in [-0.3, -0.25) is 9.59 Å². The molecule has 7 heteroatoms. The van der Waals surface area contributed by atoms with E-state index in [4.69, 9.17) is 26.5 Å². The number of aryl methyl sites for hydroxylation is 1. The van der Waals surface area contributed by atoms with Gasteiger partial charge in [-0.1, -0.05) is 11.6 Å². The third kappa shape index (κ3) is 3.96. The first-order valence-electron chi connectivity index (χ1n) is 8.31. The number of carbonyl (C=O) groups excluding carboxylic acids is 2. The van der Waals surface area contributed by atoms with E-state index in [9.17, 15) is 9.59 Å². The van der Waals surface area contributed by atoms with E-state index < -0.39 is 5.91 Å². The number of furan rings is 1. The van der Waals surface area contributed by atoms with Gasteiger partial charge in [0.25, 0.3) is 5.91 Å². The number of carbonyl (C=O) groups is 2. The maximum Gasteiger partial charge on any atom is 0.287 e. The zero-order valence-electron chi connectivity index (χ0n) is 14.0. The molecule has 1 aliphatic heterocycles. The summed E-state index contributed by atoms with van der Waals surface area (Å²) in [5, 5.41) is 4.31. The zero-order valence-corrected chi connectivity index (χ0v) is 14.8. The minimum Gasteiger partial charge on any atom is -0.451 e. The van der Waals surface area contributed by atoms with E-state index in [0.29, 0.717) is 23.8 Å². The Morgan fingerprint density at radius 1 is 1.36 bits per heavy atom. The lowest BCUT2D eigenvalue weighted by Crippen LogP contribution is -2.44. The Morgan fingerprint density at radius 3 is 2.76 bits per heavy atom. The van der Waals surface area contributed by atoms with Gasteiger partial charge in [0, 0.05) is 41.6 Å². The van der Waals surface area contributed by atoms with Crippen LogP contribution in [0.15, 0.2) is 22.6 Å². The minimum absolute atomic E-state index is 0.0987.